The average Bonchev–Trinajstić information content (AvgIpc) is 2.79. The maximum atomic E-state index is 11.8. The Balaban J connectivity index is 1.69. The monoisotopic (exact) mass is 315 g/mol. The van der Waals surface area contributed by atoms with Gasteiger partial charge in [0.25, 0.3) is 0 Å². The van der Waals surface area contributed by atoms with Crippen LogP contribution in [0, 0.1) is 5.92 Å². The molecule has 1 aromatic rings. The van der Waals surface area contributed by atoms with Gasteiger partial charge < -0.3 is 10.1 Å². The Morgan fingerprint density at radius 1 is 1.35 bits per heavy atom. The number of benzene rings is 1. The van der Waals surface area contributed by atoms with Crippen LogP contribution in [0.5, 0.6) is 5.75 Å². The SMILES string of the molecule is CC1CCC(NC(=O)CCOc2ccc(Cl)c(Cl)c2)C1. The van der Waals surface area contributed by atoms with Gasteiger partial charge in [0.2, 0.25) is 5.91 Å². The van der Waals surface area contributed by atoms with Crippen LogP contribution in [0.25, 0.3) is 0 Å². The number of ether oxygens (including phenoxy) is 1. The summed E-state index contributed by atoms with van der Waals surface area (Å²) in [6, 6.07) is 5.41. The predicted molar refractivity (Wildman–Crippen MR) is 81.5 cm³/mol. The van der Waals surface area contributed by atoms with Crippen molar-refractivity contribution in [2.45, 2.75) is 38.6 Å². The van der Waals surface area contributed by atoms with Crippen LogP contribution in [0.3, 0.4) is 0 Å². The zero-order chi connectivity index (χ0) is 14.5. The van der Waals surface area contributed by atoms with E-state index in [1.807, 2.05) is 0 Å². The van der Waals surface area contributed by atoms with Crippen LogP contribution in [0.15, 0.2) is 18.2 Å². The van der Waals surface area contributed by atoms with Crippen molar-refractivity contribution in [3.05, 3.63) is 28.2 Å². The van der Waals surface area contributed by atoms with E-state index in [0.29, 0.717) is 40.8 Å². The molecule has 3 nitrogen and oxygen atoms in total. The van der Waals surface area contributed by atoms with Crippen molar-refractivity contribution < 1.29 is 9.53 Å². The van der Waals surface area contributed by atoms with Gasteiger partial charge in [0.1, 0.15) is 5.75 Å². The first kappa shape index (κ1) is 15.5. The Bertz CT molecular complexity index is 479. The van der Waals surface area contributed by atoms with Gasteiger partial charge in [-0.1, -0.05) is 30.1 Å². The molecule has 0 aromatic heterocycles. The number of hydrogen-bond acceptors (Lipinski definition) is 2. The van der Waals surface area contributed by atoms with E-state index >= 15 is 0 Å². The minimum Gasteiger partial charge on any atom is -0.493 e. The van der Waals surface area contributed by atoms with Gasteiger partial charge in [-0.15, -0.1) is 0 Å². The molecule has 1 N–H and O–H groups in total. The van der Waals surface area contributed by atoms with Gasteiger partial charge >= 0.3 is 0 Å². The number of amides is 1. The summed E-state index contributed by atoms with van der Waals surface area (Å²) in [6.45, 7) is 2.56. The zero-order valence-corrected chi connectivity index (χ0v) is 13.0. The van der Waals surface area contributed by atoms with E-state index in [0.717, 1.165) is 12.8 Å². The van der Waals surface area contributed by atoms with E-state index in [4.69, 9.17) is 27.9 Å². The molecule has 1 fully saturated rings. The molecule has 0 saturated heterocycles. The third-order valence-corrected chi connectivity index (χ3v) is 4.29. The summed E-state index contributed by atoms with van der Waals surface area (Å²) < 4.78 is 5.49. The normalized spacial score (nSPS) is 21.8. The number of rotatable bonds is 5. The topological polar surface area (TPSA) is 38.3 Å². The molecule has 0 spiro atoms. The molecule has 2 rings (SSSR count). The third-order valence-electron chi connectivity index (χ3n) is 3.55. The molecule has 1 aliphatic carbocycles. The van der Waals surface area contributed by atoms with Crippen molar-refractivity contribution in [1.29, 1.82) is 0 Å². The summed E-state index contributed by atoms with van der Waals surface area (Å²) in [5.41, 5.74) is 0. The van der Waals surface area contributed by atoms with E-state index in [-0.39, 0.29) is 5.91 Å². The standard InChI is InChI=1S/C15H19Cl2NO2/c1-10-2-3-11(8-10)18-15(19)6-7-20-12-4-5-13(16)14(17)9-12/h4-5,9-11H,2-3,6-8H2,1H3,(H,18,19). The largest absolute Gasteiger partial charge is 0.493 e. The quantitative estimate of drug-likeness (QED) is 0.889. The fraction of sp³-hybridized carbons (Fsp3) is 0.533. The van der Waals surface area contributed by atoms with Crippen LogP contribution >= 0.6 is 23.2 Å². The van der Waals surface area contributed by atoms with Gasteiger partial charge in [-0.25, -0.2) is 0 Å². The lowest BCUT2D eigenvalue weighted by atomic mass is 10.1. The smallest absolute Gasteiger partial charge is 0.223 e. The van der Waals surface area contributed by atoms with Gasteiger partial charge in [-0.3, -0.25) is 4.79 Å². The lowest BCUT2D eigenvalue weighted by Gasteiger charge is -2.13. The van der Waals surface area contributed by atoms with Crippen LogP contribution in [0.4, 0.5) is 0 Å². The highest BCUT2D eigenvalue weighted by molar-refractivity contribution is 6.42. The van der Waals surface area contributed by atoms with Crippen LogP contribution in [-0.4, -0.2) is 18.6 Å². The molecule has 1 aromatic carbocycles. The fourth-order valence-corrected chi connectivity index (χ4v) is 2.75. The predicted octanol–water partition coefficient (Wildman–Crippen LogP) is 4.07. The van der Waals surface area contributed by atoms with Gasteiger partial charge in [0.05, 0.1) is 23.1 Å². The molecule has 0 bridgehead atoms. The molecule has 110 valence electrons. The highest BCUT2D eigenvalue weighted by atomic mass is 35.5. The second-order valence-electron chi connectivity index (χ2n) is 5.36. The minimum absolute atomic E-state index is 0.0455. The van der Waals surface area contributed by atoms with Crippen molar-refractivity contribution in [3.8, 4) is 5.75 Å². The Hall–Kier alpha value is -0.930. The maximum Gasteiger partial charge on any atom is 0.223 e. The highest BCUT2D eigenvalue weighted by Crippen LogP contribution is 2.26. The molecule has 1 aliphatic rings. The second-order valence-corrected chi connectivity index (χ2v) is 6.17. The zero-order valence-electron chi connectivity index (χ0n) is 11.5. The highest BCUT2D eigenvalue weighted by Gasteiger charge is 2.22. The van der Waals surface area contributed by atoms with Crippen LogP contribution in [0.1, 0.15) is 32.6 Å². The first-order chi connectivity index (χ1) is 9.54. The Morgan fingerprint density at radius 3 is 2.80 bits per heavy atom. The van der Waals surface area contributed by atoms with Crippen molar-refractivity contribution in [2.24, 2.45) is 5.92 Å². The Labute approximate surface area is 129 Å². The molecular formula is C15H19Cl2NO2. The van der Waals surface area contributed by atoms with Gasteiger partial charge in [0.15, 0.2) is 0 Å². The molecule has 0 aliphatic heterocycles. The van der Waals surface area contributed by atoms with Gasteiger partial charge in [-0.2, -0.15) is 0 Å². The molecular weight excluding hydrogens is 297 g/mol. The van der Waals surface area contributed by atoms with Crippen LogP contribution in [0.2, 0.25) is 10.0 Å². The minimum atomic E-state index is 0.0455. The van der Waals surface area contributed by atoms with E-state index < -0.39 is 0 Å². The number of nitrogens with one attached hydrogen (secondary N) is 1. The van der Waals surface area contributed by atoms with E-state index in [1.54, 1.807) is 18.2 Å². The van der Waals surface area contributed by atoms with E-state index in [9.17, 15) is 4.79 Å². The lowest BCUT2D eigenvalue weighted by molar-refractivity contribution is -0.122. The van der Waals surface area contributed by atoms with Gasteiger partial charge in [0, 0.05) is 12.1 Å². The molecule has 2 unspecified atom stereocenters. The molecule has 0 radical (unpaired) electrons. The number of carbonyl (C=O) groups excluding carboxylic acids is 1. The maximum absolute atomic E-state index is 11.8. The first-order valence-electron chi connectivity index (χ1n) is 6.92. The number of carbonyl (C=O) groups is 1. The lowest BCUT2D eigenvalue weighted by Crippen LogP contribution is -2.33. The number of halogens is 2. The number of hydrogen-bond donors (Lipinski definition) is 1. The molecule has 0 heterocycles. The van der Waals surface area contributed by atoms with E-state index in [2.05, 4.69) is 12.2 Å². The molecule has 5 heteroatoms. The molecule has 1 amide bonds. The van der Waals surface area contributed by atoms with Crippen LogP contribution < -0.4 is 10.1 Å². The average molecular weight is 316 g/mol. The Morgan fingerprint density at radius 2 is 2.15 bits per heavy atom. The summed E-state index contributed by atoms with van der Waals surface area (Å²) >= 11 is 11.7. The van der Waals surface area contributed by atoms with Crippen LogP contribution in [-0.2, 0) is 4.79 Å². The summed E-state index contributed by atoms with van der Waals surface area (Å²) in [5.74, 6) is 1.39. The summed E-state index contributed by atoms with van der Waals surface area (Å²) in [6.07, 6.45) is 3.72. The van der Waals surface area contributed by atoms with Crippen molar-refractivity contribution >= 4 is 29.1 Å². The summed E-state index contributed by atoms with van der Waals surface area (Å²) in [4.78, 5) is 11.8. The van der Waals surface area contributed by atoms with Crippen molar-refractivity contribution in [1.82, 2.24) is 5.32 Å². The summed E-state index contributed by atoms with van der Waals surface area (Å²) in [5, 5.41) is 3.99. The third kappa shape index (κ3) is 4.57. The fourth-order valence-electron chi connectivity index (χ4n) is 2.47. The first-order valence-corrected chi connectivity index (χ1v) is 7.67. The molecule has 1 saturated carbocycles. The van der Waals surface area contributed by atoms with Crippen molar-refractivity contribution in [3.63, 3.8) is 0 Å². The van der Waals surface area contributed by atoms with Gasteiger partial charge in [-0.05, 0) is 37.3 Å². The van der Waals surface area contributed by atoms with Crippen molar-refractivity contribution in [2.75, 3.05) is 6.61 Å². The second kappa shape index (κ2) is 7.19. The molecule has 2 atom stereocenters. The Kier molecular flexibility index (Phi) is 5.55. The summed E-state index contributed by atoms with van der Waals surface area (Å²) in [7, 11) is 0. The van der Waals surface area contributed by atoms with E-state index in [1.165, 1.54) is 6.42 Å². The molecule has 20 heavy (non-hydrogen) atoms.